The van der Waals surface area contributed by atoms with Gasteiger partial charge >= 0.3 is 6.18 Å². The van der Waals surface area contributed by atoms with E-state index >= 15 is 0 Å². The van der Waals surface area contributed by atoms with Gasteiger partial charge in [0.25, 0.3) is 0 Å². The van der Waals surface area contributed by atoms with Gasteiger partial charge in [-0.1, -0.05) is 28.1 Å². The van der Waals surface area contributed by atoms with Gasteiger partial charge in [0.2, 0.25) is 0 Å². The molecule has 0 unspecified atom stereocenters. The lowest BCUT2D eigenvalue weighted by Gasteiger charge is -2.26. The molecule has 1 aromatic carbocycles. The Morgan fingerprint density at radius 1 is 1.44 bits per heavy atom. The van der Waals surface area contributed by atoms with E-state index in [9.17, 15) is 13.2 Å². The molecule has 0 saturated carbocycles. The predicted octanol–water partition coefficient (Wildman–Crippen LogP) is 3.47. The SMILES string of the molecule is CCN(CC(F)(F)F)c1cc(Br)ccc1C(N)=S. The van der Waals surface area contributed by atoms with Gasteiger partial charge in [-0.2, -0.15) is 13.2 Å². The smallest absolute Gasteiger partial charge is 0.389 e. The van der Waals surface area contributed by atoms with E-state index in [0.29, 0.717) is 15.7 Å². The molecule has 100 valence electrons. The molecule has 0 fully saturated rings. The Labute approximate surface area is 117 Å². The summed E-state index contributed by atoms with van der Waals surface area (Å²) in [6, 6.07) is 4.89. The van der Waals surface area contributed by atoms with E-state index in [1.165, 1.54) is 4.90 Å². The summed E-state index contributed by atoms with van der Waals surface area (Å²) in [5, 5.41) is 0. The van der Waals surface area contributed by atoms with Crippen LogP contribution in [0.1, 0.15) is 12.5 Å². The second kappa shape index (κ2) is 5.88. The molecule has 0 aromatic heterocycles. The molecule has 1 aromatic rings. The van der Waals surface area contributed by atoms with Crippen LogP contribution in [0, 0.1) is 0 Å². The van der Waals surface area contributed by atoms with Gasteiger partial charge in [-0.15, -0.1) is 0 Å². The first kappa shape index (κ1) is 15.2. The molecule has 0 heterocycles. The molecule has 1 rings (SSSR count). The fourth-order valence-electron chi connectivity index (χ4n) is 1.56. The molecule has 0 aliphatic rings. The number of thiocarbonyl (C=S) groups is 1. The largest absolute Gasteiger partial charge is 0.405 e. The number of nitrogens with zero attached hydrogens (tertiary/aromatic N) is 1. The lowest BCUT2D eigenvalue weighted by molar-refractivity contribution is -0.119. The summed E-state index contributed by atoms with van der Waals surface area (Å²) >= 11 is 8.09. The zero-order valence-corrected chi connectivity index (χ0v) is 12.0. The second-order valence-corrected chi connectivity index (χ2v) is 5.01. The maximum atomic E-state index is 12.5. The second-order valence-electron chi connectivity index (χ2n) is 3.66. The van der Waals surface area contributed by atoms with Crippen molar-refractivity contribution in [2.45, 2.75) is 13.1 Å². The highest BCUT2D eigenvalue weighted by molar-refractivity contribution is 9.10. The molecule has 2 N–H and O–H groups in total. The van der Waals surface area contributed by atoms with Crippen LogP contribution in [-0.4, -0.2) is 24.3 Å². The summed E-state index contributed by atoms with van der Waals surface area (Å²) < 4.78 is 38.2. The zero-order chi connectivity index (χ0) is 13.9. The van der Waals surface area contributed by atoms with Crippen LogP contribution >= 0.6 is 28.1 Å². The molecule has 0 aliphatic carbocycles. The number of anilines is 1. The van der Waals surface area contributed by atoms with Crippen LogP contribution in [0.2, 0.25) is 0 Å². The van der Waals surface area contributed by atoms with E-state index in [2.05, 4.69) is 15.9 Å². The molecule has 0 saturated heterocycles. The Morgan fingerprint density at radius 2 is 2.06 bits per heavy atom. The van der Waals surface area contributed by atoms with E-state index < -0.39 is 12.7 Å². The van der Waals surface area contributed by atoms with Crippen LogP contribution in [0.4, 0.5) is 18.9 Å². The van der Waals surface area contributed by atoms with Gasteiger partial charge in [0.1, 0.15) is 11.5 Å². The van der Waals surface area contributed by atoms with Crippen molar-refractivity contribution in [1.29, 1.82) is 0 Å². The Bertz CT molecular complexity index is 448. The van der Waals surface area contributed by atoms with Crippen molar-refractivity contribution in [2.24, 2.45) is 5.73 Å². The standard InChI is InChI=1S/C11H12BrF3N2S/c1-2-17(6-11(13,14)15)9-5-7(12)3-4-8(9)10(16)18/h3-5H,2,6H2,1H3,(H2,16,18). The number of nitrogens with two attached hydrogens (primary N) is 1. The average Bonchev–Trinajstić information content (AvgIpc) is 2.24. The van der Waals surface area contributed by atoms with E-state index in [1.807, 2.05) is 0 Å². The molecule has 0 bridgehead atoms. The van der Waals surface area contributed by atoms with E-state index in [4.69, 9.17) is 18.0 Å². The highest BCUT2D eigenvalue weighted by atomic mass is 79.9. The highest BCUT2D eigenvalue weighted by Crippen LogP contribution is 2.28. The summed E-state index contributed by atoms with van der Waals surface area (Å²) in [5.41, 5.74) is 6.36. The topological polar surface area (TPSA) is 29.3 Å². The van der Waals surface area contributed by atoms with Gasteiger partial charge < -0.3 is 10.6 Å². The summed E-state index contributed by atoms with van der Waals surface area (Å²) in [6.45, 7) is 0.830. The molecular formula is C11H12BrF3N2S. The molecule has 2 nitrogen and oxygen atoms in total. The predicted molar refractivity (Wildman–Crippen MR) is 74.0 cm³/mol. The first-order valence-electron chi connectivity index (χ1n) is 5.15. The van der Waals surface area contributed by atoms with E-state index in [0.717, 1.165) is 0 Å². The number of benzene rings is 1. The van der Waals surface area contributed by atoms with Crippen molar-refractivity contribution in [3.05, 3.63) is 28.2 Å². The van der Waals surface area contributed by atoms with Gasteiger partial charge in [0.05, 0.1) is 0 Å². The van der Waals surface area contributed by atoms with Crippen LogP contribution < -0.4 is 10.6 Å². The van der Waals surface area contributed by atoms with Gasteiger partial charge in [0, 0.05) is 22.3 Å². The summed E-state index contributed by atoms with van der Waals surface area (Å²) in [5.74, 6) is 0. The first-order chi connectivity index (χ1) is 8.24. The maximum Gasteiger partial charge on any atom is 0.405 e. The van der Waals surface area contributed by atoms with Crippen molar-refractivity contribution in [3.8, 4) is 0 Å². The minimum absolute atomic E-state index is 0.0816. The minimum atomic E-state index is -4.27. The van der Waals surface area contributed by atoms with E-state index in [1.54, 1.807) is 25.1 Å². The Morgan fingerprint density at radius 3 is 2.50 bits per heavy atom. The van der Waals surface area contributed by atoms with Crippen LogP contribution in [-0.2, 0) is 0 Å². The van der Waals surface area contributed by atoms with Gasteiger partial charge in [-0.3, -0.25) is 0 Å². The third-order valence-corrected chi connectivity index (χ3v) is 3.03. The minimum Gasteiger partial charge on any atom is -0.389 e. The van der Waals surface area contributed by atoms with Crippen molar-refractivity contribution >= 4 is 38.8 Å². The van der Waals surface area contributed by atoms with Gasteiger partial charge in [0.15, 0.2) is 0 Å². The third kappa shape index (κ3) is 4.13. The van der Waals surface area contributed by atoms with E-state index in [-0.39, 0.29) is 11.5 Å². The number of hydrogen-bond donors (Lipinski definition) is 1. The van der Waals surface area contributed by atoms with Crippen LogP contribution in [0.25, 0.3) is 0 Å². The molecule has 7 heteroatoms. The number of hydrogen-bond acceptors (Lipinski definition) is 2. The molecular weight excluding hydrogens is 329 g/mol. The summed E-state index contributed by atoms with van der Waals surface area (Å²) in [7, 11) is 0. The first-order valence-corrected chi connectivity index (χ1v) is 6.35. The van der Waals surface area contributed by atoms with Crippen molar-refractivity contribution in [2.75, 3.05) is 18.0 Å². The van der Waals surface area contributed by atoms with Crippen LogP contribution in [0.15, 0.2) is 22.7 Å². The molecule has 0 spiro atoms. The number of halogens is 4. The Kier molecular flexibility index (Phi) is 4.98. The third-order valence-electron chi connectivity index (χ3n) is 2.32. The normalized spacial score (nSPS) is 11.4. The fourth-order valence-corrected chi connectivity index (χ4v) is 2.08. The highest BCUT2D eigenvalue weighted by Gasteiger charge is 2.31. The molecule has 0 aliphatic heterocycles. The van der Waals surface area contributed by atoms with Crippen molar-refractivity contribution in [1.82, 2.24) is 0 Å². The van der Waals surface area contributed by atoms with Crippen molar-refractivity contribution < 1.29 is 13.2 Å². The van der Waals surface area contributed by atoms with Crippen LogP contribution in [0.3, 0.4) is 0 Å². The molecule has 18 heavy (non-hydrogen) atoms. The summed E-state index contributed by atoms with van der Waals surface area (Å²) in [6.07, 6.45) is -4.27. The van der Waals surface area contributed by atoms with Crippen molar-refractivity contribution in [3.63, 3.8) is 0 Å². The number of alkyl halides is 3. The van der Waals surface area contributed by atoms with Gasteiger partial charge in [-0.25, -0.2) is 0 Å². The zero-order valence-electron chi connectivity index (χ0n) is 9.59. The maximum absolute atomic E-state index is 12.5. The molecule has 0 atom stereocenters. The molecule has 0 amide bonds. The van der Waals surface area contributed by atoms with Crippen LogP contribution in [0.5, 0.6) is 0 Å². The molecule has 0 radical (unpaired) electrons. The number of rotatable bonds is 4. The monoisotopic (exact) mass is 340 g/mol. The summed E-state index contributed by atoms with van der Waals surface area (Å²) in [4.78, 5) is 1.28. The fraction of sp³-hybridized carbons (Fsp3) is 0.364. The quantitative estimate of drug-likeness (QED) is 0.851. The Balaban J connectivity index is 3.19. The lowest BCUT2D eigenvalue weighted by atomic mass is 10.1. The Hall–Kier alpha value is -0.820. The average molecular weight is 341 g/mol. The van der Waals surface area contributed by atoms with Gasteiger partial charge in [-0.05, 0) is 25.1 Å². The lowest BCUT2D eigenvalue weighted by Crippen LogP contribution is -2.35.